The molecule has 1 rings (SSSR count). The van der Waals surface area contributed by atoms with Crippen LogP contribution in [0.15, 0.2) is 4.99 Å². The van der Waals surface area contributed by atoms with Crippen LogP contribution in [0.3, 0.4) is 0 Å². The average Bonchev–Trinajstić information content (AvgIpc) is 1.89. The van der Waals surface area contributed by atoms with E-state index < -0.39 is 0 Å². The molecule has 0 fully saturated rings. The van der Waals surface area contributed by atoms with Crippen molar-refractivity contribution in [3.63, 3.8) is 0 Å². The van der Waals surface area contributed by atoms with Crippen molar-refractivity contribution in [2.24, 2.45) is 10.9 Å². The minimum atomic E-state index is 0.542. The number of rotatable bonds is 2. The normalized spacial score (nSPS) is 30.9. The summed E-state index contributed by atoms with van der Waals surface area (Å²) in [5, 5.41) is 0. The van der Waals surface area contributed by atoms with Gasteiger partial charge in [0.05, 0.1) is 19.1 Å². The maximum Gasteiger partial charge on any atom is 0.188 e. The molecule has 10 heavy (non-hydrogen) atoms. The summed E-state index contributed by atoms with van der Waals surface area (Å²) in [5.74, 6) is 1.56. The molecule has 0 unspecified atom stereocenters. The number of ether oxygens (including phenoxy) is 1. The lowest BCUT2D eigenvalue weighted by Gasteiger charge is -2.31. The van der Waals surface area contributed by atoms with E-state index in [-0.39, 0.29) is 0 Å². The quantitative estimate of drug-likeness (QED) is 0.575. The number of aliphatic imine (C=N–C) groups is 1. The second-order valence-electron chi connectivity index (χ2n) is 2.66. The first-order chi connectivity index (χ1) is 4.83. The highest BCUT2D eigenvalue weighted by Crippen LogP contribution is 2.26. The topological polar surface area (TPSA) is 21.6 Å². The van der Waals surface area contributed by atoms with Gasteiger partial charge in [-0.2, -0.15) is 0 Å². The SMILES string of the molecule is CC[C@@H]1C(OC)=N[C@@H]1CC. The fourth-order valence-corrected chi connectivity index (χ4v) is 1.46. The molecule has 0 amide bonds. The third kappa shape index (κ3) is 1.02. The molecule has 0 aromatic heterocycles. The van der Waals surface area contributed by atoms with E-state index in [1.807, 2.05) is 0 Å². The van der Waals surface area contributed by atoms with Crippen molar-refractivity contribution in [3.05, 3.63) is 0 Å². The van der Waals surface area contributed by atoms with Crippen molar-refractivity contribution in [2.75, 3.05) is 7.11 Å². The molecule has 0 saturated carbocycles. The van der Waals surface area contributed by atoms with Crippen LogP contribution in [0.5, 0.6) is 0 Å². The summed E-state index contributed by atoms with van der Waals surface area (Å²) in [4.78, 5) is 4.31. The Morgan fingerprint density at radius 3 is 2.50 bits per heavy atom. The maximum absolute atomic E-state index is 5.07. The van der Waals surface area contributed by atoms with Gasteiger partial charge in [0, 0.05) is 0 Å². The van der Waals surface area contributed by atoms with Crippen LogP contribution in [0.4, 0.5) is 0 Å². The smallest absolute Gasteiger partial charge is 0.188 e. The Labute approximate surface area is 62.3 Å². The number of nitrogens with zero attached hydrogens (tertiary/aromatic N) is 1. The fourth-order valence-electron chi connectivity index (χ4n) is 1.46. The summed E-state index contributed by atoms with van der Waals surface area (Å²) in [6.07, 6.45) is 2.30. The van der Waals surface area contributed by atoms with Crippen LogP contribution in [-0.2, 0) is 4.74 Å². The Bertz CT molecular complexity index is 142. The molecule has 1 heterocycles. The Morgan fingerprint density at radius 1 is 1.40 bits per heavy atom. The molecule has 0 spiro atoms. The van der Waals surface area contributed by atoms with Gasteiger partial charge in [-0.05, 0) is 12.8 Å². The van der Waals surface area contributed by atoms with Crippen molar-refractivity contribution in [3.8, 4) is 0 Å². The van der Waals surface area contributed by atoms with Gasteiger partial charge in [0.2, 0.25) is 0 Å². The molecule has 2 nitrogen and oxygen atoms in total. The van der Waals surface area contributed by atoms with E-state index >= 15 is 0 Å². The van der Waals surface area contributed by atoms with Crippen molar-refractivity contribution in [1.29, 1.82) is 0 Å². The molecule has 0 aromatic carbocycles. The van der Waals surface area contributed by atoms with Gasteiger partial charge in [-0.1, -0.05) is 13.8 Å². The first kappa shape index (κ1) is 7.58. The van der Waals surface area contributed by atoms with Crippen LogP contribution in [0.1, 0.15) is 26.7 Å². The predicted octanol–water partition coefficient (Wildman–Crippen LogP) is 1.85. The summed E-state index contributed by atoms with van der Waals surface area (Å²) >= 11 is 0. The zero-order valence-electron chi connectivity index (χ0n) is 6.92. The summed E-state index contributed by atoms with van der Waals surface area (Å²) in [6, 6.07) is 0.542. The summed E-state index contributed by atoms with van der Waals surface area (Å²) < 4.78 is 5.07. The van der Waals surface area contributed by atoms with Gasteiger partial charge in [0.1, 0.15) is 0 Å². The van der Waals surface area contributed by atoms with Crippen LogP contribution < -0.4 is 0 Å². The Kier molecular flexibility index (Phi) is 2.30. The molecule has 1 aliphatic rings. The second kappa shape index (κ2) is 3.04. The zero-order valence-corrected chi connectivity index (χ0v) is 6.92. The van der Waals surface area contributed by atoms with Gasteiger partial charge in [-0.15, -0.1) is 0 Å². The lowest BCUT2D eigenvalue weighted by molar-refractivity contribution is 0.296. The van der Waals surface area contributed by atoms with Crippen LogP contribution in [0.2, 0.25) is 0 Å². The molecule has 0 bridgehead atoms. The van der Waals surface area contributed by atoms with Crippen LogP contribution in [0.25, 0.3) is 0 Å². The highest BCUT2D eigenvalue weighted by molar-refractivity contribution is 5.84. The monoisotopic (exact) mass is 141 g/mol. The molecule has 0 N–H and O–H groups in total. The van der Waals surface area contributed by atoms with E-state index in [4.69, 9.17) is 4.74 Å². The average molecular weight is 141 g/mol. The lowest BCUT2D eigenvalue weighted by Crippen LogP contribution is -2.37. The molecule has 0 aliphatic carbocycles. The molecule has 2 atom stereocenters. The van der Waals surface area contributed by atoms with Crippen LogP contribution in [-0.4, -0.2) is 19.0 Å². The summed E-state index contributed by atoms with van der Waals surface area (Å²) in [5.41, 5.74) is 0. The van der Waals surface area contributed by atoms with E-state index in [0.29, 0.717) is 12.0 Å². The van der Waals surface area contributed by atoms with Crippen molar-refractivity contribution in [2.45, 2.75) is 32.7 Å². The molecular weight excluding hydrogens is 126 g/mol. The van der Waals surface area contributed by atoms with Crippen LogP contribution in [0, 0.1) is 5.92 Å². The number of methoxy groups -OCH3 is 1. The number of hydrogen-bond acceptors (Lipinski definition) is 2. The second-order valence-corrected chi connectivity index (χ2v) is 2.66. The van der Waals surface area contributed by atoms with Gasteiger partial charge in [0.25, 0.3) is 0 Å². The third-order valence-corrected chi connectivity index (χ3v) is 2.14. The maximum atomic E-state index is 5.07. The minimum Gasteiger partial charge on any atom is -0.484 e. The van der Waals surface area contributed by atoms with E-state index in [2.05, 4.69) is 18.8 Å². The first-order valence-electron chi connectivity index (χ1n) is 3.95. The van der Waals surface area contributed by atoms with Gasteiger partial charge in [-0.3, -0.25) is 4.99 Å². The molecule has 0 saturated heterocycles. The fraction of sp³-hybridized carbons (Fsp3) is 0.875. The Balaban J connectivity index is 2.48. The standard InChI is InChI=1S/C8H15NO/c1-4-6-7(5-2)9-8(6)10-3/h6-7H,4-5H2,1-3H3/t6-,7+/m0/s1. The zero-order chi connectivity index (χ0) is 7.56. The van der Waals surface area contributed by atoms with Crippen LogP contribution >= 0.6 is 0 Å². The van der Waals surface area contributed by atoms with Gasteiger partial charge >= 0.3 is 0 Å². The summed E-state index contributed by atoms with van der Waals surface area (Å²) in [6.45, 7) is 4.35. The summed E-state index contributed by atoms with van der Waals surface area (Å²) in [7, 11) is 1.70. The Morgan fingerprint density at radius 2 is 2.10 bits per heavy atom. The largest absolute Gasteiger partial charge is 0.484 e. The van der Waals surface area contributed by atoms with E-state index in [9.17, 15) is 0 Å². The van der Waals surface area contributed by atoms with Crippen molar-refractivity contribution in [1.82, 2.24) is 0 Å². The molecular formula is C8H15NO. The molecule has 2 heteroatoms. The molecule has 58 valence electrons. The van der Waals surface area contributed by atoms with Gasteiger partial charge < -0.3 is 4.74 Å². The van der Waals surface area contributed by atoms with E-state index in [1.165, 1.54) is 0 Å². The first-order valence-corrected chi connectivity index (χ1v) is 3.95. The van der Waals surface area contributed by atoms with Gasteiger partial charge in [0.15, 0.2) is 5.90 Å². The van der Waals surface area contributed by atoms with Crippen molar-refractivity contribution < 1.29 is 4.74 Å². The molecule has 0 aromatic rings. The lowest BCUT2D eigenvalue weighted by atomic mass is 9.90. The number of hydrogen-bond donors (Lipinski definition) is 0. The highest BCUT2D eigenvalue weighted by atomic mass is 16.5. The van der Waals surface area contributed by atoms with E-state index in [0.717, 1.165) is 18.7 Å². The minimum absolute atomic E-state index is 0.542. The molecule has 0 radical (unpaired) electrons. The third-order valence-electron chi connectivity index (χ3n) is 2.14. The molecule has 1 aliphatic heterocycles. The van der Waals surface area contributed by atoms with Crippen molar-refractivity contribution >= 4 is 5.90 Å². The van der Waals surface area contributed by atoms with E-state index in [1.54, 1.807) is 7.11 Å². The predicted molar refractivity (Wildman–Crippen MR) is 42.3 cm³/mol. The Hall–Kier alpha value is -0.530. The van der Waals surface area contributed by atoms with Gasteiger partial charge in [-0.25, -0.2) is 0 Å². The highest BCUT2D eigenvalue weighted by Gasteiger charge is 2.32.